The Kier molecular flexibility index (Phi) is 7.34. The van der Waals surface area contributed by atoms with Crippen molar-refractivity contribution < 1.29 is 14.3 Å². The SMILES string of the molecule is CCOc1ccc(C=C(NC(=O)c2cccc(Br)c2)C(=O)Nc2cccc3cccnc23)cc1. The number of benzene rings is 3. The molecule has 2 amide bonds. The molecule has 4 aromatic rings. The normalized spacial score (nSPS) is 11.2. The van der Waals surface area contributed by atoms with Gasteiger partial charge in [0.1, 0.15) is 11.4 Å². The smallest absolute Gasteiger partial charge is 0.272 e. The molecule has 0 aliphatic rings. The van der Waals surface area contributed by atoms with E-state index in [1.54, 1.807) is 36.5 Å². The van der Waals surface area contributed by atoms with E-state index in [9.17, 15) is 9.59 Å². The van der Waals surface area contributed by atoms with Crippen molar-refractivity contribution in [2.45, 2.75) is 6.92 Å². The van der Waals surface area contributed by atoms with Crippen molar-refractivity contribution >= 4 is 50.4 Å². The van der Waals surface area contributed by atoms with Crippen LogP contribution in [-0.4, -0.2) is 23.4 Å². The lowest BCUT2D eigenvalue weighted by Crippen LogP contribution is -2.30. The van der Waals surface area contributed by atoms with E-state index in [2.05, 4.69) is 31.5 Å². The van der Waals surface area contributed by atoms with Crippen LogP contribution in [0.5, 0.6) is 5.75 Å². The number of hydrogen-bond donors (Lipinski definition) is 2. The lowest BCUT2D eigenvalue weighted by atomic mass is 10.1. The molecule has 0 aliphatic carbocycles. The summed E-state index contributed by atoms with van der Waals surface area (Å²) < 4.78 is 6.25. The second-order valence-electron chi connectivity index (χ2n) is 7.36. The fourth-order valence-electron chi connectivity index (χ4n) is 3.37. The summed E-state index contributed by atoms with van der Waals surface area (Å²) in [5, 5.41) is 6.54. The Balaban J connectivity index is 1.65. The Bertz CT molecular complexity index is 1360. The van der Waals surface area contributed by atoms with Crippen LogP contribution in [0.4, 0.5) is 5.69 Å². The summed E-state index contributed by atoms with van der Waals surface area (Å²) in [7, 11) is 0. The molecule has 170 valence electrons. The van der Waals surface area contributed by atoms with Gasteiger partial charge in [-0.2, -0.15) is 0 Å². The molecular formula is C27H22BrN3O3. The second-order valence-corrected chi connectivity index (χ2v) is 8.28. The number of carbonyl (C=O) groups is 2. The summed E-state index contributed by atoms with van der Waals surface area (Å²) >= 11 is 3.37. The summed E-state index contributed by atoms with van der Waals surface area (Å²) in [6.07, 6.45) is 3.29. The van der Waals surface area contributed by atoms with Crippen LogP contribution in [0.2, 0.25) is 0 Å². The van der Waals surface area contributed by atoms with Crippen LogP contribution in [0.25, 0.3) is 17.0 Å². The largest absolute Gasteiger partial charge is 0.494 e. The van der Waals surface area contributed by atoms with Crippen molar-refractivity contribution in [3.63, 3.8) is 0 Å². The van der Waals surface area contributed by atoms with Gasteiger partial charge in [0.05, 0.1) is 17.8 Å². The van der Waals surface area contributed by atoms with Gasteiger partial charge in [-0.1, -0.05) is 52.3 Å². The van der Waals surface area contributed by atoms with E-state index in [0.29, 0.717) is 23.4 Å². The fourth-order valence-corrected chi connectivity index (χ4v) is 3.77. The minimum Gasteiger partial charge on any atom is -0.494 e. The third kappa shape index (κ3) is 5.68. The minimum atomic E-state index is -0.463. The van der Waals surface area contributed by atoms with Crippen LogP contribution < -0.4 is 15.4 Å². The summed E-state index contributed by atoms with van der Waals surface area (Å²) in [5.74, 6) is -0.134. The molecule has 0 saturated carbocycles. The van der Waals surface area contributed by atoms with E-state index in [-0.39, 0.29) is 5.70 Å². The van der Waals surface area contributed by atoms with Gasteiger partial charge in [0.25, 0.3) is 11.8 Å². The monoisotopic (exact) mass is 515 g/mol. The van der Waals surface area contributed by atoms with E-state index >= 15 is 0 Å². The number of ether oxygens (including phenoxy) is 1. The van der Waals surface area contributed by atoms with Crippen molar-refractivity contribution in [1.82, 2.24) is 10.3 Å². The number of halogens is 1. The average molecular weight is 516 g/mol. The first-order valence-corrected chi connectivity index (χ1v) is 11.5. The Morgan fingerprint density at radius 1 is 1.00 bits per heavy atom. The fraction of sp³-hybridized carbons (Fsp3) is 0.0741. The Hall–Kier alpha value is -3.97. The zero-order valence-electron chi connectivity index (χ0n) is 18.4. The van der Waals surface area contributed by atoms with Crippen LogP contribution in [0, 0.1) is 0 Å². The first-order valence-electron chi connectivity index (χ1n) is 10.7. The first kappa shape index (κ1) is 23.2. The van der Waals surface area contributed by atoms with Gasteiger partial charge in [0.15, 0.2) is 0 Å². The Labute approximate surface area is 205 Å². The van der Waals surface area contributed by atoms with Gasteiger partial charge in [0, 0.05) is 21.6 Å². The van der Waals surface area contributed by atoms with Gasteiger partial charge in [-0.3, -0.25) is 14.6 Å². The van der Waals surface area contributed by atoms with Crippen molar-refractivity contribution in [3.05, 3.63) is 106 Å². The number of amides is 2. The van der Waals surface area contributed by atoms with Crippen LogP contribution in [0.15, 0.2) is 95.2 Å². The van der Waals surface area contributed by atoms with E-state index in [4.69, 9.17) is 4.74 Å². The van der Waals surface area contributed by atoms with Crippen LogP contribution in [0.3, 0.4) is 0 Å². The van der Waals surface area contributed by atoms with Crippen LogP contribution in [-0.2, 0) is 4.79 Å². The van der Waals surface area contributed by atoms with Crippen molar-refractivity contribution in [2.24, 2.45) is 0 Å². The van der Waals surface area contributed by atoms with Gasteiger partial charge in [-0.15, -0.1) is 0 Å². The first-order chi connectivity index (χ1) is 16.5. The maximum Gasteiger partial charge on any atom is 0.272 e. The lowest BCUT2D eigenvalue weighted by molar-refractivity contribution is -0.113. The number of aromatic nitrogens is 1. The van der Waals surface area contributed by atoms with Crippen molar-refractivity contribution in [1.29, 1.82) is 0 Å². The number of anilines is 1. The van der Waals surface area contributed by atoms with Gasteiger partial charge in [-0.05, 0) is 61.0 Å². The van der Waals surface area contributed by atoms with Gasteiger partial charge in [-0.25, -0.2) is 0 Å². The molecule has 0 radical (unpaired) electrons. The maximum absolute atomic E-state index is 13.3. The molecule has 3 aromatic carbocycles. The highest BCUT2D eigenvalue weighted by Gasteiger charge is 2.16. The summed E-state index contributed by atoms with van der Waals surface area (Å²) in [6, 6.07) is 23.5. The zero-order chi connectivity index (χ0) is 23.9. The molecular weight excluding hydrogens is 494 g/mol. The minimum absolute atomic E-state index is 0.0991. The highest BCUT2D eigenvalue weighted by Crippen LogP contribution is 2.22. The number of rotatable bonds is 7. The molecule has 0 saturated heterocycles. The number of pyridine rings is 1. The molecule has 2 N–H and O–H groups in total. The standard InChI is InChI=1S/C27H22BrN3O3/c1-2-34-22-13-11-18(12-14-22)16-24(31-26(32)20-7-3-9-21(28)17-20)27(33)30-23-10-4-6-19-8-5-15-29-25(19)23/h3-17H,2H2,1H3,(H,30,33)(H,31,32). The molecule has 0 spiro atoms. The number of fused-ring (bicyclic) bond motifs is 1. The molecule has 6 nitrogen and oxygen atoms in total. The molecule has 0 unspecified atom stereocenters. The van der Waals surface area contributed by atoms with E-state index in [1.165, 1.54) is 0 Å². The third-order valence-electron chi connectivity index (χ3n) is 4.96. The van der Waals surface area contributed by atoms with Gasteiger partial charge >= 0.3 is 0 Å². The third-order valence-corrected chi connectivity index (χ3v) is 5.46. The molecule has 0 aliphatic heterocycles. The molecule has 1 heterocycles. The van der Waals surface area contributed by atoms with Crippen LogP contribution in [0.1, 0.15) is 22.8 Å². The van der Waals surface area contributed by atoms with E-state index < -0.39 is 11.8 Å². The number of nitrogens with zero attached hydrogens (tertiary/aromatic N) is 1. The molecule has 0 atom stereocenters. The molecule has 7 heteroatoms. The molecule has 0 bridgehead atoms. The molecule has 0 fully saturated rings. The van der Waals surface area contributed by atoms with Crippen molar-refractivity contribution in [2.75, 3.05) is 11.9 Å². The molecule has 4 rings (SSSR count). The zero-order valence-corrected chi connectivity index (χ0v) is 20.0. The molecule has 34 heavy (non-hydrogen) atoms. The predicted octanol–water partition coefficient (Wildman–Crippen LogP) is 5.81. The topological polar surface area (TPSA) is 80.3 Å². The lowest BCUT2D eigenvalue weighted by Gasteiger charge is -2.13. The Morgan fingerprint density at radius 2 is 1.76 bits per heavy atom. The highest BCUT2D eigenvalue weighted by atomic mass is 79.9. The quantitative estimate of drug-likeness (QED) is 0.304. The summed E-state index contributed by atoms with van der Waals surface area (Å²) in [5.41, 5.74) is 2.47. The van der Waals surface area contributed by atoms with Crippen LogP contribution >= 0.6 is 15.9 Å². The van der Waals surface area contributed by atoms with Gasteiger partial charge < -0.3 is 15.4 Å². The number of hydrogen-bond acceptors (Lipinski definition) is 4. The highest BCUT2D eigenvalue weighted by molar-refractivity contribution is 9.10. The van der Waals surface area contributed by atoms with Crippen molar-refractivity contribution in [3.8, 4) is 5.75 Å². The summed E-state index contributed by atoms with van der Waals surface area (Å²) in [6.45, 7) is 2.47. The summed E-state index contributed by atoms with van der Waals surface area (Å²) in [4.78, 5) is 30.6. The van der Waals surface area contributed by atoms with E-state index in [1.807, 2.05) is 61.5 Å². The Morgan fingerprint density at radius 3 is 2.53 bits per heavy atom. The van der Waals surface area contributed by atoms with Gasteiger partial charge in [0.2, 0.25) is 0 Å². The molecule has 1 aromatic heterocycles. The van der Waals surface area contributed by atoms with E-state index in [0.717, 1.165) is 21.2 Å². The number of carbonyl (C=O) groups excluding carboxylic acids is 2. The number of nitrogens with one attached hydrogen (secondary N) is 2. The second kappa shape index (κ2) is 10.8. The average Bonchev–Trinajstić information content (AvgIpc) is 2.85. The maximum atomic E-state index is 13.3. The number of para-hydroxylation sites is 1. The predicted molar refractivity (Wildman–Crippen MR) is 138 cm³/mol.